The van der Waals surface area contributed by atoms with Crippen LogP contribution in [0.3, 0.4) is 0 Å². The van der Waals surface area contributed by atoms with Gasteiger partial charge < -0.3 is 4.74 Å². The number of benzene rings is 1. The summed E-state index contributed by atoms with van der Waals surface area (Å²) < 4.78 is 5.60. The zero-order valence-corrected chi connectivity index (χ0v) is 9.65. The van der Waals surface area contributed by atoms with Crippen molar-refractivity contribution in [3.8, 4) is 0 Å². The number of rotatable bonds is 2. The standard InChI is InChI=1S/C14H17NO/c1-16-13-8-11-15-10-5-9-14(13,15)12-6-3-2-4-7-12/h2-4,6-8H,5,9-11H2,1H3. The van der Waals surface area contributed by atoms with E-state index in [4.69, 9.17) is 4.74 Å². The van der Waals surface area contributed by atoms with Gasteiger partial charge in [0.25, 0.3) is 0 Å². The predicted molar refractivity (Wildman–Crippen MR) is 64.0 cm³/mol. The van der Waals surface area contributed by atoms with Gasteiger partial charge in [-0.15, -0.1) is 0 Å². The van der Waals surface area contributed by atoms with E-state index in [-0.39, 0.29) is 5.54 Å². The van der Waals surface area contributed by atoms with Crippen LogP contribution in [0.1, 0.15) is 18.4 Å². The highest BCUT2D eigenvalue weighted by Gasteiger charge is 2.49. The Morgan fingerprint density at radius 2 is 2.06 bits per heavy atom. The first-order valence-corrected chi connectivity index (χ1v) is 5.93. The van der Waals surface area contributed by atoms with E-state index >= 15 is 0 Å². The van der Waals surface area contributed by atoms with Gasteiger partial charge in [-0.1, -0.05) is 30.3 Å². The fourth-order valence-corrected chi connectivity index (χ4v) is 3.20. The normalized spacial score (nSPS) is 28.9. The van der Waals surface area contributed by atoms with E-state index in [1.807, 2.05) is 0 Å². The first kappa shape index (κ1) is 9.91. The summed E-state index contributed by atoms with van der Waals surface area (Å²) >= 11 is 0. The molecule has 0 radical (unpaired) electrons. The van der Waals surface area contributed by atoms with Crippen LogP contribution in [0.25, 0.3) is 0 Å². The quantitative estimate of drug-likeness (QED) is 0.751. The maximum absolute atomic E-state index is 5.60. The van der Waals surface area contributed by atoms with Crippen molar-refractivity contribution in [1.29, 1.82) is 0 Å². The molecule has 2 aliphatic rings. The van der Waals surface area contributed by atoms with E-state index in [0.717, 1.165) is 12.3 Å². The molecule has 1 atom stereocenters. The van der Waals surface area contributed by atoms with Gasteiger partial charge in [0.05, 0.1) is 7.11 Å². The molecule has 1 saturated heterocycles. The molecule has 2 heterocycles. The zero-order valence-electron chi connectivity index (χ0n) is 9.65. The number of nitrogens with zero attached hydrogens (tertiary/aromatic N) is 1. The second-order valence-corrected chi connectivity index (χ2v) is 4.55. The highest BCUT2D eigenvalue weighted by Crippen LogP contribution is 2.47. The fourth-order valence-electron chi connectivity index (χ4n) is 3.20. The molecule has 84 valence electrons. The average molecular weight is 215 g/mol. The molecule has 0 aliphatic carbocycles. The van der Waals surface area contributed by atoms with Gasteiger partial charge in [0.1, 0.15) is 11.3 Å². The minimum absolute atomic E-state index is 0.0377. The molecule has 2 aliphatic heterocycles. The highest BCUT2D eigenvalue weighted by molar-refractivity contribution is 5.37. The van der Waals surface area contributed by atoms with Crippen LogP contribution in [0, 0.1) is 0 Å². The third-order valence-electron chi connectivity index (χ3n) is 3.88. The number of methoxy groups -OCH3 is 1. The smallest absolute Gasteiger partial charge is 0.118 e. The first-order chi connectivity index (χ1) is 7.88. The second-order valence-electron chi connectivity index (χ2n) is 4.55. The molecule has 0 bridgehead atoms. The predicted octanol–water partition coefficient (Wildman–Crippen LogP) is 2.52. The molecule has 0 aromatic heterocycles. The molecule has 16 heavy (non-hydrogen) atoms. The van der Waals surface area contributed by atoms with Gasteiger partial charge in [-0.05, 0) is 31.0 Å². The Kier molecular flexibility index (Phi) is 2.25. The van der Waals surface area contributed by atoms with Crippen LogP contribution in [0.5, 0.6) is 0 Å². The molecule has 0 saturated carbocycles. The SMILES string of the molecule is COC1=CCN2CCCC12c1ccccc1. The summed E-state index contributed by atoms with van der Waals surface area (Å²) in [7, 11) is 1.79. The molecule has 1 aromatic carbocycles. The third kappa shape index (κ3) is 1.17. The maximum Gasteiger partial charge on any atom is 0.118 e. The van der Waals surface area contributed by atoms with E-state index in [1.165, 1.54) is 24.9 Å². The van der Waals surface area contributed by atoms with E-state index in [9.17, 15) is 0 Å². The third-order valence-corrected chi connectivity index (χ3v) is 3.88. The van der Waals surface area contributed by atoms with Crippen LogP contribution in [0.4, 0.5) is 0 Å². The molecule has 0 N–H and O–H groups in total. The van der Waals surface area contributed by atoms with Gasteiger partial charge in [0.15, 0.2) is 0 Å². The molecule has 2 nitrogen and oxygen atoms in total. The summed E-state index contributed by atoms with van der Waals surface area (Å²) in [6.07, 6.45) is 4.67. The summed E-state index contributed by atoms with van der Waals surface area (Å²) in [5.74, 6) is 1.14. The van der Waals surface area contributed by atoms with Crippen molar-refractivity contribution < 1.29 is 4.74 Å². The fraction of sp³-hybridized carbons (Fsp3) is 0.429. The molecule has 2 heteroatoms. The largest absolute Gasteiger partial charge is 0.499 e. The summed E-state index contributed by atoms with van der Waals surface area (Å²) in [4.78, 5) is 2.53. The summed E-state index contributed by atoms with van der Waals surface area (Å²) in [5.41, 5.74) is 1.41. The van der Waals surface area contributed by atoms with Crippen LogP contribution >= 0.6 is 0 Å². The van der Waals surface area contributed by atoms with E-state index in [0.29, 0.717) is 0 Å². The lowest BCUT2D eigenvalue weighted by atomic mass is 9.87. The van der Waals surface area contributed by atoms with Gasteiger partial charge in [0, 0.05) is 6.54 Å². The summed E-state index contributed by atoms with van der Waals surface area (Å²) in [5, 5.41) is 0. The van der Waals surface area contributed by atoms with Crippen molar-refractivity contribution in [2.75, 3.05) is 20.2 Å². The van der Waals surface area contributed by atoms with Gasteiger partial charge in [0.2, 0.25) is 0 Å². The van der Waals surface area contributed by atoms with Crippen LogP contribution in [-0.2, 0) is 10.3 Å². The molecular formula is C14H17NO. The Morgan fingerprint density at radius 3 is 2.81 bits per heavy atom. The topological polar surface area (TPSA) is 12.5 Å². The van der Waals surface area contributed by atoms with Crippen LogP contribution in [-0.4, -0.2) is 25.1 Å². The van der Waals surface area contributed by atoms with Crippen molar-refractivity contribution in [3.63, 3.8) is 0 Å². The number of ether oxygens (including phenoxy) is 1. The Morgan fingerprint density at radius 1 is 1.25 bits per heavy atom. The minimum Gasteiger partial charge on any atom is -0.499 e. The van der Waals surface area contributed by atoms with Crippen molar-refractivity contribution in [1.82, 2.24) is 4.90 Å². The summed E-state index contributed by atoms with van der Waals surface area (Å²) in [6.45, 7) is 2.20. The van der Waals surface area contributed by atoms with Gasteiger partial charge in [-0.2, -0.15) is 0 Å². The van der Waals surface area contributed by atoms with Crippen LogP contribution < -0.4 is 0 Å². The van der Waals surface area contributed by atoms with Crippen molar-refractivity contribution in [2.45, 2.75) is 18.4 Å². The Balaban J connectivity index is 2.10. The van der Waals surface area contributed by atoms with Crippen LogP contribution in [0.2, 0.25) is 0 Å². The molecule has 1 fully saturated rings. The van der Waals surface area contributed by atoms with E-state index in [2.05, 4.69) is 41.3 Å². The number of hydrogen-bond acceptors (Lipinski definition) is 2. The van der Waals surface area contributed by atoms with Gasteiger partial charge in [-0.3, -0.25) is 4.90 Å². The molecule has 1 aromatic rings. The van der Waals surface area contributed by atoms with Gasteiger partial charge >= 0.3 is 0 Å². The van der Waals surface area contributed by atoms with Crippen molar-refractivity contribution in [2.24, 2.45) is 0 Å². The van der Waals surface area contributed by atoms with Crippen LogP contribution in [0.15, 0.2) is 42.2 Å². The van der Waals surface area contributed by atoms with Gasteiger partial charge in [-0.25, -0.2) is 0 Å². The van der Waals surface area contributed by atoms with E-state index < -0.39 is 0 Å². The lowest BCUT2D eigenvalue weighted by Gasteiger charge is -2.34. The number of fused-ring (bicyclic) bond motifs is 1. The monoisotopic (exact) mass is 215 g/mol. The van der Waals surface area contributed by atoms with E-state index in [1.54, 1.807) is 7.11 Å². The maximum atomic E-state index is 5.60. The first-order valence-electron chi connectivity index (χ1n) is 5.93. The minimum atomic E-state index is 0.0377. The average Bonchev–Trinajstić information content (AvgIpc) is 2.88. The highest BCUT2D eigenvalue weighted by atomic mass is 16.5. The van der Waals surface area contributed by atoms with Crippen molar-refractivity contribution in [3.05, 3.63) is 47.7 Å². The van der Waals surface area contributed by atoms with Crippen molar-refractivity contribution >= 4 is 0 Å². The lowest BCUT2D eigenvalue weighted by molar-refractivity contribution is 0.135. The Labute approximate surface area is 96.5 Å². The zero-order chi connectivity index (χ0) is 11.0. The Hall–Kier alpha value is -1.28. The molecule has 0 spiro atoms. The molecular weight excluding hydrogens is 198 g/mol. The lowest BCUT2D eigenvalue weighted by Crippen LogP contribution is -2.38. The molecule has 0 amide bonds. The molecule has 1 unspecified atom stereocenters. The number of hydrogen-bond donors (Lipinski definition) is 0. The molecule has 3 rings (SSSR count). The summed E-state index contributed by atoms with van der Waals surface area (Å²) in [6, 6.07) is 10.7. The Bertz CT molecular complexity index is 412. The second kappa shape index (κ2) is 3.63.